The SMILES string of the molecule is CCCCCCCCCCCC(=O)C(CC)(CO)S(=O)(=O)O. The molecule has 1 unspecified atom stereocenters. The van der Waals surface area contributed by atoms with E-state index in [4.69, 9.17) is 0 Å². The molecule has 0 bridgehead atoms. The molecule has 0 heterocycles. The Kier molecular flexibility index (Phi) is 10.9. The van der Waals surface area contributed by atoms with Gasteiger partial charge >= 0.3 is 0 Å². The first kappa shape index (κ1) is 21.5. The van der Waals surface area contributed by atoms with Crippen molar-refractivity contribution < 1.29 is 22.9 Å². The van der Waals surface area contributed by atoms with Gasteiger partial charge in [-0.1, -0.05) is 65.2 Å². The van der Waals surface area contributed by atoms with Crippen LogP contribution in [0.15, 0.2) is 0 Å². The first-order valence-electron chi connectivity index (χ1n) is 8.47. The number of ketones is 1. The maximum atomic E-state index is 12.1. The lowest BCUT2D eigenvalue weighted by atomic mass is 9.96. The van der Waals surface area contributed by atoms with Gasteiger partial charge in [0.25, 0.3) is 10.1 Å². The molecule has 5 nitrogen and oxygen atoms in total. The molecule has 0 radical (unpaired) electrons. The summed E-state index contributed by atoms with van der Waals surface area (Å²) < 4.78 is 30.0. The number of aliphatic hydroxyl groups excluding tert-OH is 1. The molecule has 132 valence electrons. The van der Waals surface area contributed by atoms with E-state index in [1.54, 1.807) is 0 Å². The van der Waals surface area contributed by atoms with Gasteiger partial charge in [0.05, 0.1) is 6.61 Å². The van der Waals surface area contributed by atoms with Crippen molar-refractivity contribution in [2.75, 3.05) is 6.61 Å². The zero-order chi connectivity index (χ0) is 17.1. The van der Waals surface area contributed by atoms with Crippen LogP contribution in [0.5, 0.6) is 0 Å². The summed E-state index contributed by atoms with van der Waals surface area (Å²) in [6.07, 6.45) is 9.86. The van der Waals surface area contributed by atoms with Crippen molar-refractivity contribution in [3.05, 3.63) is 0 Å². The van der Waals surface area contributed by atoms with Gasteiger partial charge in [-0.25, -0.2) is 0 Å². The number of unbranched alkanes of at least 4 members (excludes halogenated alkanes) is 8. The van der Waals surface area contributed by atoms with E-state index in [-0.39, 0.29) is 12.8 Å². The topological polar surface area (TPSA) is 91.7 Å². The summed E-state index contributed by atoms with van der Waals surface area (Å²) in [5.41, 5.74) is 0. The average molecular weight is 336 g/mol. The number of carbonyl (C=O) groups is 1. The second kappa shape index (κ2) is 11.1. The summed E-state index contributed by atoms with van der Waals surface area (Å²) in [4.78, 5) is 12.1. The van der Waals surface area contributed by atoms with E-state index >= 15 is 0 Å². The molecule has 0 aromatic carbocycles. The maximum Gasteiger partial charge on any atom is 0.280 e. The molecule has 0 fully saturated rings. The largest absolute Gasteiger partial charge is 0.394 e. The Balaban J connectivity index is 4.03. The van der Waals surface area contributed by atoms with Gasteiger partial charge in [-0.2, -0.15) is 8.42 Å². The van der Waals surface area contributed by atoms with Crippen LogP contribution in [-0.4, -0.2) is 35.2 Å². The molecule has 6 heteroatoms. The predicted octanol–water partition coefficient (Wildman–Crippen LogP) is 3.51. The molecule has 0 rings (SSSR count). The summed E-state index contributed by atoms with van der Waals surface area (Å²) in [5.74, 6) is -0.581. The van der Waals surface area contributed by atoms with Gasteiger partial charge in [0.1, 0.15) is 0 Å². The molecule has 0 saturated heterocycles. The first-order valence-corrected chi connectivity index (χ1v) is 9.91. The Labute approximate surface area is 135 Å². The second-order valence-corrected chi connectivity index (χ2v) is 7.71. The number of carbonyl (C=O) groups excluding carboxylic acids is 1. The van der Waals surface area contributed by atoms with E-state index in [1.807, 2.05) is 0 Å². The summed E-state index contributed by atoms with van der Waals surface area (Å²) >= 11 is 0. The standard InChI is InChI=1S/C16H32O5S/c1-3-5-6-7-8-9-10-11-12-13-15(18)16(4-2,14-17)22(19,20)21/h17H,3-14H2,1-2H3,(H,19,20,21). The van der Waals surface area contributed by atoms with Gasteiger partial charge in [-0.05, 0) is 12.8 Å². The van der Waals surface area contributed by atoms with Gasteiger partial charge in [-0.3, -0.25) is 9.35 Å². The van der Waals surface area contributed by atoms with E-state index in [0.717, 1.165) is 19.3 Å². The number of hydrogen-bond acceptors (Lipinski definition) is 4. The minimum atomic E-state index is -4.59. The lowest BCUT2D eigenvalue weighted by Gasteiger charge is -2.25. The number of hydrogen-bond donors (Lipinski definition) is 2. The molecule has 1 atom stereocenters. The fourth-order valence-corrected chi connectivity index (χ4v) is 3.55. The first-order chi connectivity index (χ1) is 10.4. The van der Waals surface area contributed by atoms with Gasteiger partial charge in [0.2, 0.25) is 0 Å². The minimum Gasteiger partial charge on any atom is -0.394 e. The summed E-state index contributed by atoms with van der Waals surface area (Å²) in [6.45, 7) is 2.81. The average Bonchev–Trinajstić information content (AvgIpc) is 2.46. The number of rotatable bonds is 14. The molecular formula is C16H32O5S. The summed E-state index contributed by atoms with van der Waals surface area (Å²) in [5, 5.41) is 9.27. The van der Waals surface area contributed by atoms with Crippen LogP contribution in [0.4, 0.5) is 0 Å². The van der Waals surface area contributed by atoms with Crippen molar-refractivity contribution in [3.8, 4) is 0 Å². The molecular weight excluding hydrogens is 304 g/mol. The van der Waals surface area contributed by atoms with Crippen molar-refractivity contribution in [2.24, 2.45) is 0 Å². The van der Waals surface area contributed by atoms with Crippen LogP contribution in [0.3, 0.4) is 0 Å². The van der Waals surface area contributed by atoms with Gasteiger partial charge in [0, 0.05) is 6.42 Å². The monoisotopic (exact) mass is 336 g/mol. The summed E-state index contributed by atoms with van der Waals surface area (Å²) in [7, 11) is -4.59. The molecule has 0 aliphatic heterocycles. The molecule has 0 aliphatic carbocycles. The Hall–Kier alpha value is -0.460. The third-order valence-electron chi connectivity index (χ3n) is 4.34. The van der Waals surface area contributed by atoms with E-state index in [0.29, 0.717) is 6.42 Å². The van der Waals surface area contributed by atoms with Gasteiger partial charge in [-0.15, -0.1) is 0 Å². The van der Waals surface area contributed by atoms with Crippen LogP contribution >= 0.6 is 0 Å². The molecule has 0 aromatic heterocycles. The molecule has 0 saturated carbocycles. The van der Waals surface area contributed by atoms with Gasteiger partial charge < -0.3 is 5.11 Å². The zero-order valence-electron chi connectivity index (χ0n) is 14.0. The maximum absolute atomic E-state index is 12.1. The van der Waals surface area contributed by atoms with E-state index in [9.17, 15) is 22.9 Å². The Morgan fingerprint density at radius 2 is 1.36 bits per heavy atom. The van der Waals surface area contributed by atoms with E-state index in [2.05, 4.69) is 6.92 Å². The Bertz CT molecular complexity index is 399. The van der Waals surface area contributed by atoms with Crippen molar-refractivity contribution in [2.45, 2.75) is 89.2 Å². The molecule has 0 amide bonds. The van der Waals surface area contributed by atoms with Crippen LogP contribution in [0, 0.1) is 0 Å². The van der Waals surface area contributed by atoms with Crippen LogP contribution < -0.4 is 0 Å². The Morgan fingerprint density at radius 1 is 0.909 bits per heavy atom. The van der Waals surface area contributed by atoms with Crippen LogP contribution in [0.1, 0.15) is 84.5 Å². The summed E-state index contributed by atoms with van der Waals surface area (Å²) in [6, 6.07) is 0. The predicted molar refractivity (Wildman–Crippen MR) is 88.5 cm³/mol. The normalized spacial score (nSPS) is 14.7. The minimum absolute atomic E-state index is 0.0873. The van der Waals surface area contributed by atoms with Gasteiger partial charge in [0.15, 0.2) is 10.5 Å². The lowest BCUT2D eigenvalue weighted by molar-refractivity contribution is -0.123. The highest BCUT2D eigenvalue weighted by molar-refractivity contribution is 7.88. The third-order valence-corrected chi connectivity index (χ3v) is 5.97. The molecule has 22 heavy (non-hydrogen) atoms. The van der Waals surface area contributed by atoms with Crippen molar-refractivity contribution in [1.29, 1.82) is 0 Å². The van der Waals surface area contributed by atoms with Crippen LogP contribution in [-0.2, 0) is 14.9 Å². The number of aliphatic hydroxyl groups is 1. The smallest absolute Gasteiger partial charge is 0.280 e. The van der Waals surface area contributed by atoms with Crippen molar-refractivity contribution in [3.63, 3.8) is 0 Å². The van der Waals surface area contributed by atoms with Crippen molar-refractivity contribution in [1.82, 2.24) is 0 Å². The zero-order valence-corrected chi connectivity index (χ0v) is 14.8. The molecule has 0 aromatic rings. The molecule has 0 spiro atoms. The lowest BCUT2D eigenvalue weighted by Crippen LogP contribution is -2.49. The fraction of sp³-hybridized carbons (Fsp3) is 0.938. The highest BCUT2D eigenvalue weighted by atomic mass is 32.2. The molecule has 2 N–H and O–H groups in total. The van der Waals surface area contributed by atoms with Crippen LogP contribution in [0.2, 0.25) is 0 Å². The molecule has 0 aliphatic rings. The number of Topliss-reactive ketones (excluding diaryl/α,β-unsaturated/α-hetero) is 1. The second-order valence-electron chi connectivity index (χ2n) is 5.98. The third kappa shape index (κ3) is 6.75. The highest BCUT2D eigenvalue weighted by Gasteiger charge is 2.47. The van der Waals surface area contributed by atoms with E-state index in [1.165, 1.54) is 39.0 Å². The van der Waals surface area contributed by atoms with Crippen molar-refractivity contribution >= 4 is 15.9 Å². The van der Waals surface area contributed by atoms with Crippen LogP contribution in [0.25, 0.3) is 0 Å². The fourth-order valence-electron chi connectivity index (χ4n) is 2.63. The van der Waals surface area contributed by atoms with E-state index < -0.39 is 27.3 Å². The highest BCUT2D eigenvalue weighted by Crippen LogP contribution is 2.24. The quantitative estimate of drug-likeness (QED) is 0.374. The Morgan fingerprint density at radius 3 is 1.73 bits per heavy atom.